The Balaban J connectivity index is 1.86. The molecule has 0 radical (unpaired) electrons. The SMILES string of the molecule is O=C(O)c1ccc(/C=N/NC(=O)C2CCCCC2)cc1. The summed E-state index contributed by atoms with van der Waals surface area (Å²) >= 11 is 0. The Morgan fingerprint density at radius 3 is 2.40 bits per heavy atom. The molecule has 1 aromatic rings. The van der Waals surface area contributed by atoms with Gasteiger partial charge in [0.15, 0.2) is 0 Å². The molecule has 0 saturated heterocycles. The average molecular weight is 274 g/mol. The van der Waals surface area contributed by atoms with Gasteiger partial charge in [-0.2, -0.15) is 5.10 Å². The molecule has 1 amide bonds. The van der Waals surface area contributed by atoms with E-state index >= 15 is 0 Å². The Bertz CT molecular complexity index is 502. The number of hydrogen-bond donors (Lipinski definition) is 2. The minimum atomic E-state index is -0.959. The van der Waals surface area contributed by atoms with Crippen LogP contribution in [0.3, 0.4) is 0 Å². The second-order valence-electron chi connectivity index (χ2n) is 5.00. The van der Waals surface area contributed by atoms with Crippen molar-refractivity contribution in [2.24, 2.45) is 11.0 Å². The van der Waals surface area contributed by atoms with E-state index in [0.29, 0.717) is 0 Å². The van der Waals surface area contributed by atoms with E-state index in [1.807, 2.05) is 0 Å². The first-order valence-electron chi connectivity index (χ1n) is 6.83. The van der Waals surface area contributed by atoms with Crippen molar-refractivity contribution < 1.29 is 14.7 Å². The molecule has 5 nitrogen and oxygen atoms in total. The maximum atomic E-state index is 11.8. The minimum absolute atomic E-state index is 0.0249. The third-order valence-corrected chi connectivity index (χ3v) is 3.52. The van der Waals surface area contributed by atoms with Gasteiger partial charge in [-0.1, -0.05) is 31.4 Å². The summed E-state index contributed by atoms with van der Waals surface area (Å²) in [6.07, 6.45) is 6.83. The summed E-state index contributed by atoms with van der Waals surface area (Å²) in [4.78, 5) is 22.5. The van der Waals surface area contributed by atoms with E-state index in [9.17, 15) is 9.59 Å². The minimum Gasteiger partial charge on any atom is -0.478 e. The molecule has 0 bridgehead atoms. The summed E-state index contributed by atoms with van der Waals surface area (Å²) in [5, 5.41) is 12.7. The Labute approximate surface area is 117 Å². The molecule has 1 fully saturated rings. The fourth-order valence-electron chi connectivity index (χ4n) is 2.34. The van der Waals surface area contributed by atoms with Gasteiger partial charge in [-0.25, -0.2) is 10.2 Å². The lowest BCUT2D eigenvalue weighted by molar-refractivity contribution is -0.125. The van der Waals surface area contributed by atoms with Crippen LogP contribution in [-0.4, -0.2) is 23.2 Å². The fraction of sp³-hybridized carbons (Fsp3) is 0.400. The van der Waals surface area contributed by atoms with Crippen molar-refractivity contribution in [1.82, 2.24) is 5.43 Å². The van der Waals surface area contributed by atoms with E-state index in [1.54, 1.807) is 12.1 Å². The van der Waals surface area contributed by atoms with Gasteiger partial charge in [0, 0.05) is 5.92 Å². The third-order valence-electron chi connectivity index (χ3n) is 3.52. The predicted molar refractivity (Wildman–Crippen MR) is 75.7 cm³/mol. The average Bonchev–Trinajstić information content (AvgIpc) is 2.48. The monoisotopic (exact) mass is 274 g/mol. The maximum absolute atomic E-state index is 11.8. The summed E-state index contributed by atoms with van der Waals surface area (Å²) in [5.41, 5.74) is 3.53. The molecule has 0 heterocycles. The van der Waals surface area contributed by atoms with Crippen molar-refractivity contribution in [2.45, 2.75) is 32.1 Å². The first-order valence-corrected chi connectivity index (χ1v) is 6.83. The molecule has 2 N–H and O–H groups in total. The van der Waals surface area contributed by atoms with Crippen LogP contribution in [0.25, 0.3) is 0 Å². The first kappa shape index (κ1) is 14.2. The molecule has 0 spiro atoms. The van der Waals surface area contributed by atoms with Crippen LogP contribution in [0.2, 0.25) is 0 Å². The topological polar surface area (TPSA) is 78.8 Å². The number of aromatic carboxylic acids is 1. The van der Waals surface area contributed by atoms with Gasteiger partial charge in [0.05, 0.1) is 11.8 Å². The van der Waals surface area contributed by atoms with Crippen molar-refractivity contribution in [2.75, 3.05) is 0 Å². The van der Waals surface area contributed by atoms with Crippen LogP contribution in [0.5, 0.6) is 0 Å². The van der Waals surface area contributed by atoms with Gasteiger partial charge in [0.2, 0.25) is 5.91 Å². The zero-order chi connectivity index (χ0) is 14.4. The molecule has 1 aromatic carbocycles. The Hall–Kier alpha value is -2.17. The third kappa shape index (κ3) is 3.91. The van der Waals surface area contributed by atoms with E-state index in [-0.39, 0.29) is 17.4 Å². The van der Waals surface area contributed by atoms with Gasteiger partial charge in [-0.15, -0.1) is 0 Å². The highest BCUT2D eigenvalue weighted by atomic mass is 16.4. The zero-order valence-electron chi connectivity index (χ0n) is 11.2. The molecule has 0 aromatic heterocycles. The molecule has 5 heteroatoms. The van der Waals surface area contributed by atoms with Gasteiger partial charge in [0.25, 0.3) is 0 Å². The number of nitrogens with zero attached hydrogens (tertiary/aromatic N) is 1. The van der Waals surface area contributed by atoms with Crippen LogP contribution in [0.15, 0.2) is 29.4 Å². The van der Waals surface area contributed by atoms with Crippen LogP contribution in [0.1, 0.15) is 48.0 Å². The van der Waals surface area contributed by atoms with Crippen LogP contribution in [0, 0.1) is 5.92 Å². The Morgan fingerprint density at radius 1 is 1.15 bits per heavy atom. The number of carbonyl (C=O) groups is 2. The summed E-state index contributed by atoms with van der Waals surface area (Å²) < 4.78 is 0. The lowest BCUT2D eigenvalue weighted by Crippen LogP contribution is -2.28. The second-order valence-corrected chi connectivity index (χ2v) is 5.00. The van der Waals surface area contributed by atoms with E-state index in [2.05, 4.69) is 10.5 Å². The molecule has 106 valence electrons. The summed E-state index contributed by atoms with van der Waals surface area (Å²) in [6.45, 7) is 0. The summed E-state index contributed by atoms with van der Waals surface area (Å²) in [6, 6.07) is 6.32. The number of nitrogens with one attached hydrogen (secondary N) is 1. The molecule has 2 rings (SSSR count). The fourth-order valence-corrected chi connectivity index (χ4v) is 2.34. The lowest BCUT2D eigenvalue weighted by atomic mass is 9.89. The summed E-state index contributed by atoms with van der Waals surface area (Å²) in [5.74, 6) is -0.905. The highest BCUT2D eigenvalue weighted by Gasteiger charge is 2.20. The van der Waals surface area contributed by atoms with Crippen molar-refractivity contribution in [3.8, 4) is 0 Å². The Morgan fingerprint density at radius 2 is 1.80 bits per heavy atom. The molecule has 0 unspecified atom stereocenters. The lowest BCUT2D eigenvalue weighted by Gasteiger charge is -2.19. The highest BCUT2D eigenvalue weighted by molar-refractivity contribution is 5.89. The number of hydrogen-bond acceptors (Lipinski definition) is 3. The zero-order valence-corrected chi connectivity index (χ0v) is 11.2. The van der Waals surface area contributed by atoms with Gasteiger partial charge >= 0.3 is 5.97 Å². The van der Waals surface area contributed by atoms with Gasteiger partial charge < -0.3 is 5.11 Å². The molecule has 20 heavy (non-hydrogen) atoms. The van der Waals surface area contributed by atoms with E-state index in [0.717, 1.165) is 31.2 Å². The highest BCUT2D eigenvalue weighted by Crippen LogP contribution is 2.23. The van der Waals surface area contributed by atoms with Crippen molar-refractivity contribution in [3.05, 3.63) is 35.4 Å². The van der Waals surface area contributed by atoms with Crippen LogP contribution >= 0.6 is 0 Å². The van der Waals surface area contributed by atoms with Crippen molar-refractivity contribution >= 4 is 18.1 Å². The molecule has 1 saturated carbocycles. The molecular formula is C15H18N2O3. The van der Waals surface area contributed by atoms with Crippen molar-refractivity contribution in [1.29, 1.82) is 0 Å². The maximum Gasteiger partial charge on any atom is 0.335 e. The molecular weight excluding hydrogens is 256 g/mol. The van der Waals surface area contributed by atoms with Gasteiger partial charge in [0.1, 0.15) is 0 Å². The van der Waals surface area contributed by atoms with Crippen LogP contribution in [-0.2, 0) is 4.79 Å². The number of amides is 1. The number of hydrazone groups is 1. The van der Waals surface area contributed by atoms with Gasteiger partial charge in [-0.05, 0) is 30.5 Å². The molecule has 1 aliphatic rings. The number of carboxylic acid groups (broad SMARTS) is 1. The molecule has 0 aliphatic heterocycles. The quantitative estimate of drug-likeness (QED) is 0.653. The van der Waals surface area contributed by atoms with E-state index in [4.69, 9.17) is 5.11 Å². The number of carbonyl (C=O) groups excluding carboxylic acids is 1. The van der Waals surface area contributed by atoms with Gasteiger partial charge in [-0.3, -0.25) is 4.79 Å². The number of benzene rings is 1. The van der Waals surface area contributed by atoms with Crippen LogP contribution in [0.4, 0.5) is 0 Å². The van der Waals surface area contributed by atoms with Crippen molar-refractivity contribution in [3.63, 3.8) is 0 Å². The number of carboxylic acids is 1. The first-order chi connectivity index (χ1) is 9.66. The molecule has 1 aliphatic carbocycles. The van der Waals surface area contributed by atoms with E-state index in [1.165, 1.54) is 24.8 Å². The predicted octanol–water partition coefficient (Wildman–Crippen LogP) is 2.42. The van der Waals surface area contributed by atoms with E-state index < -0.39 is 5.97 Å². The number of rotatable bonds is 4. The summed E-state index contributed by atoms with van der Waals surface area (Å²) in [7, 11) is 0. The van der Waals surface area contributed by atoms with Crippen LogP contribution < -0.4 is 5.43 Å². The normalized spacial score (nSPS) is 16.2. The Kier molecular flexibility index (Phi) is 4.87. The second kappa shape index (κ2) is 6.84. The molecule has 0 atom stereocenters. The smallest absolute Gasteiger partial charge is 0.335 e. The largest absolute Gasteiger partial charge is 0.478 e. The standard InChI is InChI=1S/C15H18N2O3/c18-14(12-4-2-1-3-5-12)17-16-10-11-6-8-13(9-7-11)15(19)20/h6-10,12H,1-5H2,(H,17,18)(H,19,20)/b16-10+.